The van der Waals surface area contributed by atoms with E-state index in [0.29, 0.717) is 12.5 Å². The van der Waals surface area contributed by atoms with Crippen molar-refractivity contribution < 1.29 is 0 Å². The summed E-state index contributed by atoms with van der Waals surface area (Å²) in [5.74, 6) is 0.448. The van der Waals surface area contributed by atoms with Crippen molar-refractivity contribution in [2.75, 3.05) is 11.9 Å². The molecule has 24 heavy (non-hydrogen) atoms. The van der Waals surface area contributed by atoms with Gasteiger partial charge in [0.25, 0.3) is 0 Å². The number of H-pyrrole nitrogens is 1. The molecule has 0 aliphatic heterocycles. The van der Waals surface area contributed by atoms with Gasteiger partial charge in [-0.1, -0.05) is 24.3 Å². The van der Waals surface area contributed by atoms with Crippen LogP contribution in [0.15, 0.2) is 53.5 Å². The van der Waals surface area contributed by atoms with Gasteiger partial charge < -0.3 is 16.0 Å². The molecule has 0 aliphatic carbocycles. The Bertz CT molecular complexity index is 818. The molecule has 0 fully saturated rings. The van der Waals surface area contributed by atoms with Crippen LogP contribution in [0.1, 0.15) is 16.8 Å². The van der Waals surface area contributed by atoms with Crippen LogP contribution in [0.2, 0.25) is 0 Å². The number of aryl methyl sites for hydroxylation is 2. The Morgan fingerprint density at radius 3 is 2.62 bits per heavy atom. The number of nitrogens with two attached hydrogens (primary N) is 1. The van der Waals surface area contributed by atoms with Crippen molar-refractivity contribution >= 4 is 46.5 Å². The number of aromatic nitrogens is 1. The molecule has 2 aromatic carbocycles. The predicted molar refractivity (Wildman–Crippen MR) is 113 cm³/mol. The molecule has 1 heterocycles. The summed E-state index contributed by atoms with van der Waals surface area (Å²) >= 11 is 0. The minimum atomic E-state index is 0. The molecule has 3 aromatic rings. The van der Waals surface area contributed by atoms with Gasteiger partial charge in [-0.05, 0) is 54.6 Å². The van der Waals surface area contributed by atoms with Gasteiger partial charge in [-0.25, -0.2) is 0 Å². The first kappa shape index (κ1) is 18.3. The van der Waals surface area contributed by atoms with Crippen molar-refractivity contribution in [3.8, 4) is 0 Å². The average Bonchev–Trinajstić information content (AvgIpc) is 2.93. The molecule has 0 unspecified atom stereocenters. The molecule has 0 saturated carbocycles. The zero-order chi connectivity index (χ0) is 16.2. The van der Waals surface area contributed by atoms with Gasteiger partial charge in [0.15, 0.2) is 5.96 Å². The maximum absolute atomic E-state index is 5.96. The zero-order valence-corrected chi connectivity index (χ0v) is 16.3. The largest absolute Gasteiger partial charge is 0.370 e. The number of aromatic amines is 1. The third-order valence-electron chi connectivity index (χ3n) is 4.03. The van der Waals surface area contributed by atoms with Gasteiger partial charge in [0.05, 0.1) is 0 Å². The van der Waals surface area contributed by atoms with E-state index in [4.69, 9.17) is 5.73 Å². The molecule has 0 radical (unpaired) electrons. The predicted octanol–water partition coefficient (Wildman–Crippen LogP) is 4.37. The number of benzene rings is 2. The third-order valence-corrected chi connectivity index (χ3v) is 4.03. The first-order valence-electron chi connectivity index (χ1n) is 7.82. The lowest BCUT2D eigenvalue weighted by atomic mass is 10.1. The van der Waals surface area contributed by atoms with E-state index in [0.717, 1.165) is 17.6 Å². The number of nitrogens with one attached hydrogen (secondary N) is 2. The minimum absolute atomic E-state index is 0. The van der Waals surface area contributed by atoms with Crippen molar-refractivity contribution in [3.05, 3.63) is 65.4 Å². The van der Waals surface area contributed by atoms with Gasteiger partial charge in [-0.15, -0.1) is 24.0 Å². The van der Waals surface area contributed by atoms with Gasteiger partial charge in [0, 0.05) is 29.9 Å². The lowest BCUT2D eigenvalue weighted by Crippen LogP contribution is -2.23. The number of hydrogen-bond acceptors (Lipinski definition) is 1. The van der Waals surface area contributed by atoms with E-state index in [1.165, 1.54) is 22.2 Å². The van der Waals surface area contributed by atoms with Crippen LogP contribution in [-0.4, -0.2) is 17.5 Å². The summed E-state index contributed by atoms with van der Waals surface area (Å²) < 4.78 is 0. The molecule has 3 rings (SSSR count). The van der Waals surface area contributed by atoms with Gasteiger partial charge in [0.2, 0.25) is 0 Å². The number of halogens is 1. The Morgan fingerprint density at radius 2 is 1.88 bits per heavy atom. The maximum Gasteiger partial charge on any atom is 0.193 e. The molecule has 0 bridgehead atoms. The first-order valence-corrected chi connectivity index (χ1v) is 7.82. The van der Waals surface area contributed by atoms with E-state index >= 15 is 0 Å². The number of guanidine groups is 1. The summed E-state index contributed by atoms with van der Waals surface area (Å²) in [7, 11) is 0. The quantitative estimate of drug-likeness (QED) is 0.324. The molecular formula is C19H23IN4. The second-order valence-electron chi connectivity index (χ2n) is 5.82. The monoisotopic (exact) mass is 434 g/mol. The molecule has 0 amide bonds. The maximum atomic E-state index is 5.96. The molecule has 5 heteroatoms. The Hall–Kier alpha value is -2.02. The van der Waals surface area contributed by atoms with Crippen LogP contribution in [0.25, 0.3) is 10.9 Å². The van der Waals surface area contributed by atoms with Crippen molar-refractivity contribution in [1.82, 2.24) is 4.98 Å². The van der Waals surface area contributed by atoms with E-state index < -0.39 is 0 Å². The number of para-hydroxylation sites is 1. The van der Waals surface area contributed by atoms with Crippen LogP contribution < -0.4 is 11.1 Å². The summed E-state index contributed by atoms with van der Waals surface area (Å²) in [5, 5.41) is 4.37. The number of aliphatic imine (C=N–C) groups is 1. The molecule has 4 N–H and O–H groups in total. The highest BCUT2D eigenvalue weighted by atomic mass is 127. The van der Waals surface area contributed by atoms with Crippen molar-refractivity contribution in [3.63, 3.8) is 0 Å². The number of fused-ring (bicyclic) bond motifs is 1. The number of rotatable bonds is 4. The molecule has 0 atom stereocenters. The summed E-state index contributed by atoms with van der Waals surface area (Å²) in [6.45, 7) is 4.83. The summed E-state index contributed by atoms with van der Waals surface area (Å²) in [6.07, 6.45) is 0.837. The van der Waals surface area contributed by atoms with Crippen molar-refractivity contribution in [2.45, 2.75) is 20.3 Å². The Balaban J connectivity index is 0.00000208. The van der Waals surface area contributed by atoms with Gasteiger partial charge in [-0.2, -0.15) is 0 Å². The number of anilines is 1. The highest BCUT2D eigenvalue weighted by Gasteiger charge is 2.01. The van der Waals surface area contributed by atoms with E-state index in [-0.39, 0.29) is 24.0 Å². The minimum Gasteiger partial charge on any atom is -0.370 e. The van der Waals surface area contributed by atoms with Crippen LogP contribution in [0.3, 0.4) is 0 Å². The second-order valence-corrected chi connectivity index (χ2v) is 5.82. The number of nitrogens with zero attached hydrogens (tertiary/aromatic N) is 1. The van der Waals surface area contributed by atoms with Crippen LogP contribution in [-0.2, 0) is 6.42 Å². The van der Waals surface area contributed by atoms with Crippen LogP contribution in [0.5, 0.6) is 0 Å². The molecular weight excluding hydrogens is 411 g/mol. The average molecular weight is 434 g/mol. The van der Waals surface area contributed by atoms with Gasteiger partial charge >= 0.3 is 0 Å². The second kappa shape index (κ2) is 8.19. The summed E-state index contributed by atoms with van der Waals surface area (Å²) in [4.78, 5) is 7.80. The Labute approximate surface area is 159 Å². The summed E-state index contributed by atoms with van der Waals surface area (Å²) in [5.41, 5.74) is 11.8. The molecule has 1 aromatic heterocycles. The normalized spacial score (nSPS) is 11.3. The standard InChI is InChI=1S/C19H22N4.HI/c1-13-7-8-16(11-14(13)2)23-19(20)21-10-9-17-12-15-5-3-4-6-18(15)22-17;/h3-8,11-12,22H,9-10H2,1-2H3,(H3,20,21,23);1H. The highest BCUT2D eigenvalue weighted by Crippen LogP contribution is 2.15. The lowest BCUT2D eigenvalue weighted by Gasteiger charge is -2.08. The lowest BCUT2D eigenvalue weighted by molar-refractivity contribution is 0.937. The van der Waals surface area contributed by atoms with E-state index in [1.54, 1.807) is 0 Å². The van der Waals surface area contributed by atoms with Gasteiger partial charge in [-0.3, -0.25) is 4.99 Å². The Morgan fingerprint density at radius 1 is 1.08 bits per heavy atom. The molecule has 126 valence electrons. The van der Waals surface area contributed by atoms with E-state index in [2.05, 4.69) is 59.5 Å². The first-order chi connectivity index (χ1) is 11.1. The fourth-order valence-corrected chi connectivity index (χ4v) is 2.57. The molecule has 4 nitrogen and oxygen atoms in total. The molecule has 0 spiro atoms. The highest BCUT2D eigenvalue weighted by molar-refractivity contribution is 14.0. The van der Waals surface area contributed by atoms with E-state index in [1.807, 2.05) is 18.2 Å². The van der Waals surface area contributed by atoms with Crippen LogP contribution in [0.4, 0.5) is 5.69 Å². The van der Waals surface area contributed by atoms with Crippen LogP contribution in [0, 0.1) is 13.8 Å². The SMILES string of the molecule is Cc1ccc(NC(N)=NCCc2cc3ccccc3[nH]2)cc1C.I. The fraction of sp³-hybridized carbons (Fsp3) is 0.211. The zero-order valence-electron chi connectivity index (χ0n) is 14.0. The van der Waals surface area contributed by atoms with Crippen LogP contribution >= 0.6 is 24.0 Å². The third kappa shape index (κ3) is 4.50. The number of hydrogen-bond donors (Lipinski definition) is 3. The van der Waals surface area contributed by atoms with Crippen molar-refractivity contribution in [2.24, 2.45) is 10.7 Å². The smallest absolute Gasteiger partial charge is 0.193 e. The van der Waals surface area contributed by atoms with Gasteiger partial charge in [0.1, 0.15) is 0 Å². The molecule has 0 aliphatic rings. The Kier molecular flexibility index (Phi) is 6.25. The topological polar surface area (TPSA) is 66.2 Å². The fourth-order valence-electron chi connectivity index (χ4n) is 2.57. The summed E-state index contributed by atoms with van der Waals surface area (Å²) in [6, 6.07) is 16.6. The van der Waals surface area contributed by atoms with E-state index in [9.17, 15) is 0 Å². The van der Waals surface area contributed by atoms with Crippen molar-refractivity contribution in [1.29, 1.82) is 0 Å². The molecule has 0 saturated heterocycles.